The van der Waals surface area contributed by atoms with Crippen molar-refractivity contribution in [3.63, 3.8) is 0 Å². The number of hydrogen-bond donors (Lipinski definition) is 1. The molecule has 6 heteroatoms. The van der Waals surface area contributed by atoms with E-state index in [1.165, 1.54) is 25.7 Å². The van der Waals surface area contributed by atoms with Gasteiger partial charge in [-0.15, -0.1) is 0 Å². The third-order valence-electron chi connectivity index (χ3n) is 3.92. The Labute approximate surface area is 160 Å². The van der Waals surface area contributed by atoms with Crippen LogP contribution in [0.25, 0.3) is 0 Å². The third kappa shape index (κ3) is 17.7. The van der Waals surface area contributed by atoms with Gasteiger partial charge in [-0.2, -0.15) is 8.42 Å². The smallest absolute Gasteiger partial charge is 0.322 e. The molecule has 26 heavy (non-hydrogen) atoms. The highest BCUT2D eigenvalue weighted by atomic mass is 32.2. The van der Waals surface area contributed by atoms with Crippen LogP contribution in [0.1, 0.15) is 84.0 Å². The summed E-state index contributed by atoms with van der Waals surface area (Å²) in [4.78, 5) is 11.4. The SMILES string of the molecule is CCCCC/C=C\C/C=C\CCCCCCCC(=O)OS(=O)(=O)CCN. The maximum atomic E-state index is 11.4. The molecule has 0 aliphatic heterocycles. The van der Waals surface area contributed by atoms with Crippen molar-refractivity contribution >= 4 is 16.1 Å². The highest BCUT2D eigenvalue weighted by Crippen LogP contribution is 2.09. The molecule has 0 amide bonds. The fourth-order valence-electron chi connectivity index (χ4n) is 2.45. The van der Waals surface area contributed by atoms with Crippen molar-refractivity contribution in [1.82, 2.24) is 0 Å². The fraction of sp³-hybridized carbons (Fsp3) is 0.750. The van der Waals surface area contributed by atoms with Gasteiger partial charge < -0.3 is 9.92 Å². The van der Waals surface area contributed by atoms with Gasteiger partial charge in [0.25, 0.3) is 0 Å². The molecule has 0 spiro atoms. The van der Waals surface area contributed by atoms with E-state index in [0.29, 0.717) is 6.42 Å². The first-order valence-corrected chi connectivity index (χ1v) is 11.5. The number of rotatable bonds is 17. The van der Waals surface area contributed by atoms with E-state index in [1.807, 2.05) is 0 Å². The Morgan fingerprint density at radius 1 is 0.885 bits per heavy atom. The highest BCUT2D eigenvalue weighted by molar-refractivity contribution is 7.87. The van der Waals surface area contributed by atoms with Crippen molar-refractivity contribution in [2.24, 2.45) is 5.73 Å². The normalized spacial score (nSPS) is 12.2. The molecule has 0 aliphatic carbocycles. The van der Waals surface area contributed by atoms with E-state index in [1.54, 1.807) is 0 Å². The van der Waals surface area contributed by atoms with Crippen LogP contribution in [0.2, 0.25) is 0 Å². The molecule has 0 heterocycles. The van der Waals surface area contributed by atoms with E-state index in [0.717, 1.165) is 38.5 Å². The van der Waals surface area contributed by atoms with E-state index in [-0.39, 0.29) is 18.7 Å². The van der Waals surface area contributed by atoms with Crippen LogP contribution in [0.4, 0.5) is 0 Å². The number of nitrogens with two attached hydrogens (primary N) is 1. The zero-order valence-corrected chi connectivity index (χ0v) is 17.1. The molecule has 0 aliphatic rings. The minimum atomic E-state index is -3.79. The topological polar surface area (TPSA) is 86.5 Å². The fourth-order valence-corrected chi connectivity index (χ4v) is 3.19. The maximum Gasteiger partial charge on any atom is 0.322 e. The first-order valence-electron chi connectivity index (χ1n) is 9.97. The lowest BCUT2D eigenvalue weighted by molar-refractivity contribution is -0.133. The van der Waals surface area contributed by atoms with Gasteiger partial charge in [0, 0.05) is 13.0 Å². The zero-order valence-electron chi connectivity index (χ0n) is 16.3. The molecule has 0 bridgehead atoms. The predicted molar refractivity (Wildman–Crippen MR) is 108 cm³/mol. The largest absolute Gasteiger partial charge is 0.346 e. The lowest BCUT2D eigenvalue weighted by Gasteiger charge is -2.04. The summed E-state index contributed by atoms with van der Waals surface area (Å²) in [7, 11) is -3.79. The summed E-state index contributed by atoms with van der Waals surface area (Å²) < 4.78 is 27.0. The lowest BCUT2D eigenvalue weighted by atomic mass is 10.1. The predicted octanol–water partition coefficient (Wildman–Crippen LogP) is 4.63. The van der Waals surface area contributed by atoms with Crippen molar-refractivity contribution in [3.8, 4) is 0 Å². The molecule has 0 saturated carbocycles. The van der Waals surface area contributed by atoms with Crippen LogP contribution in [0.5, 0.6) is 0 Å². The van der Waals surface area contributed by atoms with E-state index in [2.05, 4.69) is 35.4 Å². The summed E-state index contributed by atoms with van der Waals surface area (Å²) in [5, 5.41) is 0. The first-order chi connectivity index (χ1) is 12.5. The molecule has 0 rings (SSSR count). The average Bonchev–Trinajstić information content (AvgIpc) is 2.57. The lowest BCUT2D eigenvalue weighted by Crippen LogP contribution is -2.21. The Morgan fingerprint density at radius 3 is 2.08 bits per heavy atom. The van der Waals surface area contributed by atoms with Crippen LogP contribution in [-0.2, 0) is 19.1 Å². The standard InChI is InChI=1S/C20H37NO4S/c1-2-3-4-5-6-7-8-9-10-11-12-13-14-15-16-17-20(22)25-26(23,24)19-18-21/h6-7,9-10H,2-5,8,11-19,21H2,1H3/b7-6-,10-9-. The van der Waals surface area contributed by atoms with Crippen molar-refractivity contribution in [2.75, 3.05) is 12.3 Å². The molecule has 0 aromatic rings. The molecule has 2 N–H and O–H groups in total. The van der Waals surface area contributed by atoms with Crippen LogP contribution >= 0.6 is 0 Å². The van der Waals surface area contributed by atoms with Crippen molar-refractivity contribution in [3.05, 3.63) is 24.3 Å². The van der Waals surface area contributed by atoms with E-state index < -0.39 is 16.1 Å². The zero-order chi connectivity index (χ0) is 19.5. The van der Waals surface area contributed by atoms with Crippen LogP contribution in [-0.4, -0.2) is 26.7 Å². The van der Waals surface area contributed by atoms with Gasteiger partial charge in [-0.3, -0.25) is 4.79 Å². The molecule has 0 radical (unpaired) electrons. The molecule has 0 unspecified atom stereocenters. The monoisotopic (exact) mass is 387 g/mol. The molecule has 0 aromatic carbocycles. The molecule has 5 nitrogen and oxygen atoms in total. The van der Waals surface area contributed by atoms with Crippen LogP contribution in [0, 0.1) is 0 Å². The molecule has 152 valence electrons. The van der Waals surface area contributed by atoms with Gasteiger partial charge in [0.2, 0.25) is 0 Å². The van der Waals surface area contributed by atoms with E-state index in [4.69, 9.17) is 5.73 Å². The van der Waals surface area contributed by atoms with Gasteiger partial charge in [-0.1, -0.05) is 63.3 Å². The molecular weight excluding hydrogens is 350 g/mol. The number of allylic oxidation sites excluding steroid dienone is 4. The van der Waals surface area contributed by atoms with Gasteiger partial charge in [0.05, 0.1) is 5.75 Å². The Hall–Kier alpha value is -1.14. The van der Waals surface area contributed by atoms with Gasteiger partial charge in [0.1, 0.15) is 0 Å². The van der Waals surface area contributed by atoms with Crippen LogP contribution < -0.4 is 5.73 Å². The van der Waals surface area contributed by atoms with E-state index >= 15 is 0 Å². The Morgan fingerprint density at radius 2 is 1.46 bits per heavy atom. The first kappa shape index (κ1) is 24.9. The summed E-state index contributed by atoms with van der Waals surface area (Å²) in [6, 6.07) is 0. The summed E-state index contributed by atoms with van der Waals surface area (Å²) in [6.45, 7) is 2.18. The van der Waals surface area contributed by atoms with Crippen molar-refractivity contribution in [1.29, 1.82) is 0 Å². The molecule has 0 atom stereocenters. The average molecular weight is 388 g/mol. The van der Waals surface area contributed by atoms with Crippen molar-refractivity contribution < 1.29 is 17.4 Å². The second-order valence-electron chi connectivity index (χ2n) is 6.49. The van der Waals surface area contributed by atoms with E-state index in [9.17, 15) is 13.2 Å². The summed E-state index contributed by atoms with van der Waals surface area (Å²) in [5.41, 5.74) is 5.15. The van der Waals surface area contributed by atoms with Crippen LogP contribution in [0.15, 0.2) is 24.3 Å². The van der Waals surface area contributed by atoms with Gasteiger partial charge >= 0.3 is 16.1 Å². The quantitative estimate of drug-likeness (QED) is 0.223. The molecule has 0 saturated heterocycles. The number of carbonyl (C=O) groups is 1. The van der Waals surface area contributed by atoms with Gasteiger partial charge in [-0.25, -0.2) is 0 Å². The van der Waals surface area contributed by atoms with Crippen molar-refractivity contribution in [2.45, 2.75) is 84.0 Å². The van der Waals surface area contributed by atoms with Gasteiger partial charge in [-0.05, 0) is 38.5 Å². The summed E-state index contributed by atoms with van der Waals surface area (Å²) in [5.74, 6) is -0.995. The summed E-state index contributed by atoms with van der Waals surface area (Å²) in [6.07, 6.45) is 21.2. The minimum Gasteiger partial charge on any atom is -0.346 e. The van der Waals surface area contributed by atoms with Crippen LogP contribution in [0.3, 0.4) is 0 Å². The highest BCUT2D eigenvalue weighted by Gasteiger charge is 2.15. The maximum absolute atomic E-state index is 11.4. The Bertz CT molecular complexity index is 498. The number of carbonyl (C=O) groups excluding carboxylic acids is 1. The second kappa shape index (κ2) is 17.3. The molecular formula is C20H37NO4S. The Balaban J connectivity index is 3.45. The molecule has 0 aromatic heterocycles. The second-order valence-corrected chi connectivity index (χ2v) is 8.18. The summed E-state index contributed by atoms with van der Waals surface area (Å²) >= 11 is 0. The third-order valence-corrected chi connectivity index (χ3v) is 5.09. The Kier molecular flexibility index (Phi) is 16.5. The molecule has 0 fully saturated rings. The minimum absolute atomic E-state index is 0.0424. The van der Waals surface area contributed by atoms with Gasteiger partial charge in [0.15, 0.2) is 0 Å². The number of unbranched alkanes of at least 4 members (excludes halogenated alkanes) is 8. The number of hydrogen-bond acceptors (Lipinski definition) is 5.